The number of aromatic nitrogens is 1. The first-order valence-corrected chi connectivity index (χ1v) is 12.4. The maximum absolute atomic E-state index is 13.7. The van der Waals surface area contributed by atoms with Crippen LogP contribution in [0.5, 0.6) is 5.75 Å². The van der Waals surface area contributed by atoms with Crippen LogP contribution in [-0.2, 0) is 9.59 Å². The number of likely N-dealkylation sites (tertiary alicyclic amines) is 1. The highest BCUT2D eigenvalue weighted by molar-refractivity contribution is 6.02. The van der Waals surface area contributed by atoms with Crippen molar-refractivity contribution in [1.29, 1.82) is 5.26 Å². The lowest BCUT2D eigenvalue weighted by atomic mass is 9.84. The number of fused-ring (bicyclic) bond motifs is 1. The number of ether oxygens (including phenoxy) is 1. The zero-order chi connectivity index (χ0) is 24.6. The average Bonchev–Trinajstić information content (AvgIpc) is 3.65. The number of methoxy groups -OCH3 is 1. The van der Waals surface area contributed by atoms with Gasteiger partial charge in [0.05, 0.1) is 13.2 Å². The molecule has 3 atom stereocenters. The summed E-state index contributed by atoms with van der Waals surface area (Å²) in [5.41, 5.74) is 1.15. The van der Waals surface area contributed by atoms with Crippen molar-refractivity contribution >= 4 is 28.6 Å². The first-order chi connectivity index (χ1) is 16.9. The number of nitrogens with zero attached hydrogens (tertiary/aromatic N) is 2. The molecule has 184 valence electrons. The summed E-state index contributed by atoms with van der Waals surface area (Å²) in [7, 11) is 1.59. The van der Waals surface area contributed by atoms with Gasteiger partial charge in [-0.25, -0.2) is 0 Å². The van der Waals surface area contributed by atoms with Crippen molar-refractivity contribution in [1.82, 2.24) is 20.5 Å². The van der Waals surface area contributed by atoms with E-state index in [0.29, 0.717) is 37.4 Å². The van der Waals surface area contributed by atoms with Crippen LogP contribution < -0.4 is 15.4 Å². The van der Waals surface area contributed by atoms with E-state index in [2.05, 4.69) is 21.7 Å². The molecule has 9 heteroatoms. The lowest BCUT2D eigenvalue weighted by molar-refractivity contribution is -0.126. The SMILES string of the molecule is COc1cccc2[nH]c(C(=O)N3CC4(CCCC4)CC3C(=O)N[C@H](C#N)CC3CCNC3=O)cc12. The predicted molar refractivity (Wildman–Crippen MR) is 128 cm³/mol. The van der Waals surface area contributed by atoms with Crippen LogP contribution in [0.1, 0.15) is 55.4 Å². The third kappa shape index (κ3) is 4.33. The van der Waals surface area contributed by atoms with Crippen molar-refractivity contribution in [2.24, 2.45) is 11.3 Å². The molecule has 3 amide bonds. The highest BCUT2D eigenvalue weighted by Gasteiger charge is 2.50. The summed E-state index contributed by atoms with van der Waals surface area (Å²) in [4.78, 5) is 44.0. The quantitative estimate of drug-likeness (QED) is 0.589. The van der Waals surface area contributed by atoms with Gasteiger partial charge in [0.1, 0.15) is 23.5 Å². The van der Waals surface area contributed by atoms with Crippen LogP contribution >= 0.6 is 0 Å². The van der Waals surface area contributed by atoms with E-state index in [1.807, 2.05) is 18.2 Å². The lowest BCUT2D eigenvalue weighted by Gasteiger charge is -2.25. The second kappa shape index (κ2) is 9.25. The summed E-state index contributed by atoms with van der Waals surface area (Å²) in [6.45, 7) is 1.12. The molecule has 35 heavy (non-hydrogen) atoms. The van der Waals surface area contributed by atoms with E-state index >= 15 is 0 Å². The Morgan fingerprint density at radius 2 is 2.14 bits per heavy atom. The number of rotatable bonds is 6. The number of nitriles is 1. The van der Waals surface area contributed by atoms with Gasteiger partial charge in [-0.3, -0.25) is 14.4 Å². The molecule has 0 radical (unpaired) electrons. The van der Waals surface area contributed by atoms with Gasteiger partial charge in [0, 0.05) is 29.9 Å². The van der Waals surface area contributed by atoms with Gasteiger partial charge in [0.25, 0.3) is 5.91 Å². The van der Waals surface area contributed by atoms with Gasteiger partial charge in [-0.05, 0) is 55.7 Å². The van der Waals surface area contributed by atoms with E-state index in [1.165, 1.54) is 0 Å². The number of carbonyl (C=O) groups excluding carboxylic acids is 3. The molecule has 3 fully saturated rings. The standard InChI is InChI=1S/C26H31N5O4/c1-35-22-6-4-5-19-18(22)12-20(30-19)25(34)31-15-26(8-2-3-9-26)13-21(31)24(33)29-17(14-27)11-16-7-10-28-23(16)32/h4-6,12,16-17,21,30H,2-3,7-11,13,15H2,1H3,(H,28,32)(H,29,33)/t16?,17-,21?/m0/s1. The maximum Gasteiger partial charge on any atom is 0.271 e. The molecular weight excluding hydrogens is 446 g/mol. The summed E-state index contributed by atoms with van der Waals surface area (Å²) >= 11 is 0. The molecule has 2 saturated heterocycles. The van der Waals surface area contributed by atoms with Crippen molar-refractivity contribution in [3.63, 3.8) is 0 Å². The van der Waals surface area contributed by atoms with Crippen LogP contribution in [-0.4, -0.2) is 59.9 Å². The molecule has 2 aliphatic heterocycles. The molecule has 2 aromatic rings. The normalized spacial score (nSPS) is 23.9. The second-order valence-corrected chi connectivity index (χ2v) is 10.2. The fourth-order valence-corrected chi connectivity index (χ4v) is 6.13. The monoisotopic (exact) mass is 477 g/mol. The Morgan fingerprint density at radius 1 is 1.34 bits per heavy atom. The average molecular weight is 478 g/mol. The molecule has 5 rings (SSSR count). The molecule has 1 aromatic heterocycles. The molecule has 3 aliphatic rings. The largest absolute Gasteiger partial charge is 0.496 e. The number of nitrogens with one attached hydrogen (secondary N) is 3. The Bertz CT molecular complexity index is 1190. The third-order valence-corrected chi connectivity index (χ3v) is 7.97. The van der Waals surface area contributed by atoms with E-state index < -0.39 is 12.1 Å². The highest BCUT2D eigenvalue weighted by Crippen LogP contribution is 2.48. The minimum atomic E-state index is -0.772. The van der Waals surface area contributed by atoms with Gasteiger partial charge in [-0.15, -0.1) is 0 Å². The number of hydrogen-bond donors (Lipinski definition) is 3. The number of hydrogen-bond acceptors (Lipinski definition) is 5. The third-order valence-electron chi connectivity index (χ3n) is 7.97. The fourth-order valence-electron chi connectivity index (χ4n) is 6.13. The Kier molecular flexibility index (Phi) is 6.13. The van der Waals surface area contributed by atoms with E-state index in [4.69, 9.17) is 4.74 Å². The Morgan fingerprint density at radius 3 is 2.83 bits per heavy atom. The van der Waals surface area contributed by atoms with Gasteiger partial charge in [-0.2, -0.15) is 5.26 Å². The van der Waals surface area contributed by atoms with Crippen LogP contribution in [0.15, 0.2) is 24.3 Å². The van der Waals surface area contributed by atoms with Gasteiger partial charge < -0.3 is 25.3 Å². The van der Waals surface area contributed by atoms with E-state index in [-0.39, 0.29) is 35.5 Å². The van der Waals surface area contributed by atoms with Crippen LogP contribution in [0.4, 0.5) is 0 Å². The zero-order valence-corrected chi connectivity index (χ0v) is 19.9. The topological polar surface area (TPSA) is 127 Å². The van der Waals surface area contributed by atoms with Gasteiger partial charge in [-0.1, -0.05) is 18.9 Å². The predicted octanol–water partition coefficient (Wildman–Crippen LogP) is 2.49. The summed E-state index contributed by atoms with van der Waals surface area (Å²) in [5, 5.41) is 16.1. The number of aromatic amines is 1. The molecule has 1 saturated carbocycles. The van der Waals surface area contributed by atoms with Crippen molar-refractivity contribution < 1.29 is 19.1 Å². The van der Waals surface area contributed by atoms with E-state index in [1.54, 1.807) is 18.1 Å². The number of carbonyl (C=O) groups is 3. The van der Waals surface area contributed by atoms with Crippen molar-refractivity contribution in [3.8, 4) is 11.8 Å². The Balaban J connectivity index is 1.38. The first-order valence-electron chi connectivity index (χ1n) is 12.4. The first kappa shape index (κ1) is 23.2. The van der Waals surface area contributed by atoms with Gasteiger partial charge in [0.2, 0.25) is 11.8 Å². The van der Waals surface area contributed by atoms with Crippen molar-refractivity contribution in [2.45, 2.75) is 57.0 Å². The Labute approximate surface area is 204 Å². The minimum Gasteiger partial charge on any atom is -0.496 e. The molecule has 0 bridgehead atoms. The van der Waals surface area contributed by atoms with E-state index in [0.717, 1.165) is 36.6 Å². The molecule has 1 spiro atoms. The molecule has 1 aliphatic carbocycles. The second-order valence-electron chi connectivity index (χ2n) is 10.2. The van der Waals surface area contributed by atoms with Crippen LogP contribution in [0, 0.1) is 22.7 Å². The highest BCUT2D eigenvalue weighted by atomic mass is 16.5. The lowest BCUT2D eigenvalue weighted by Crippen LogP contribution is -2.49. The summed E-state index contributed by atoms with van der Waals surface area (Å²) in [6.07, 6.45) is 5.71. The molecule has 1 aromatic carbocycles. The fraction of sp³-hybridized carbons (Fsp3) is 0.538. The molecule has 9 nitrogen and oxygen atoms in total. The van der Waals surface area contributed by atoms with Crippen LogP contribution in [0.3, 0.4) is 0 Å². The smallest absolute Gasteiger partial charge is 0.271 e. The van der Waals surface area contributed by atoms with Gasteiger partial charge in [0.15, 0.2) is 0 Å². The molecule has 3 N–H and O–H groups in total. The number of benzene rings is 1. The molecule has 3 heterocycles. The van der Waals surface area contributed by atoms with Gasteiger partial charge >= 0.3 is 0 Å². The minimum absolute atomic E-state index is 0.0607. The zero-order valence-electron chi connectivity index (χ0n) is 19.9. The summed E-state index contributed by atoms with van der Waals surface area (Å²) in [5.74, 6) is -0.217. The Hall–Kier alpha value is -3.54. The maximum atomic E-state index is 13.7. The van der Waals surface area contributed by atoms with E-state index in [9.17, 15) is 19.6 Å². The number of amides is 3. The van der Waals surface area contributed by atoms with Crippen molar-refractivity contribution in [2.75, 3.05) is 20.2 Å². The van der Waals surface area contributed by atoms with Crippen LogP contribution in [0.2, 0.25) is 0 Å². The molecule has 2 unspecified atom stereocenters. The molecular formula is C26H31N5O4. The number of H-pyrrole nitrogens is 1. The summed E-state index contributed by atoms with van der Waals surface area (Å²) < 4.78 is 5.43. The van der Waals surface area contributed by atoms with Crippen LogP contribution in [0.25, 0.3) is 10.9 Å². The van der Waals surface area contributed by atoms with Crippen molar-refractivity contribution in [3.05, 3.63) is 30.0 Å². The summed E-state index contributed by atoms with van der Waals surface area (Å²) in [6, 6.07) is 8.08.